The van der Waals surface area contributed by atoms with E-state index in [0.29, 0.717) is 45.1 Å². The second-order valence-corrected chi connectivity index (χ2v) is 12.9. The number of nitrogens with zero attached hydrogens (tertiary/aromatic N) is 3. The van der Waals surface area contributed by atoms with Crippen molar-refractivity contribution in [2.45, 2.75) is 81.7 Å². The zero-order valence-corrected chi connectivity index (χ0v) is 25.4. The first-order valence-corrected chi connectivity index (χ1v) is 15.8. The Morgan fingerprint density at radius 2 is 2.07 bits per heavy atom. The largest absolute Gasteiger partial charge is 0.479 e. The molecule has 4 aliphatic heterocycles. The summed E-state index contributed by atoms with van der Waals surface area (Å²) in [6.07, 6.45) is 6.33. The summed E-state index contributed by atoms with van der Waals surface area (Å²) in [6.45, 7) is 10.2. The van der Waals surface area contributed by atoms with Gasteiger partial charge in [0.25, 0.3) is 0 Å². The highest BCUT2D eigenvalue weighted by Crippen LogP contribution is 2.44. The molecule has 10 heteroatoms. The summed E-state index contributed by atoms with van der Waals surface area (Å²) in [7, 11) is 4.07. The molecule has 1 aromatic carbocycles. The van der Waals surface area contributed by atoms with Gasteiger partial charge >= 0.3 is 0 Å². The van der Waals surface area contributed by atoms with Gasteiger partial charge < -0.3 is 24.6 Å². The van der Waals surface area contributed by atoms with Gasteiger partial charge in [-0.3, -0.25) is 25.1 Å². The monoisotopic (exact) mass is 580 g/mol. The quantitative estimate of drug-likeness (QED) is 0.412. The molecule has 4 heterocycles. The molecule has 10 nitrogen and oxygen atoms in total. The van der Waals surface area contributed by atoms with Gasteiger partial charge in [-0.15, -0.1) is 0 Å². The summed E-state index contributed by atoms with van der Waals surface area (Å²) in [5.74, 6) is 1.07. The van der Waals surface area contributed by atoms with Crippen molar-refractivity contribution in [1.82, 2.24) is 30.7 Å². The van der Waals surface area contributed by atoms with Crippen molar-refractivity contribution in [3.05, 3.63) is 42.0 Å². The summed E-state index contributed by atoms with van der Waals surface area (Å²) >= 11 is 0. The van der Waals surface area contributed by atoms with Crippen molar-refractivity contribution in [2.75, 3.05) is 53.4 Å². The van der Waals surface area contributed by atoms with Crippen LogP contribution in [0.1, 0.15) is 43.2 Å². The first-order valence-electron chi connectivity index (χ1n) is 15.8. The number of piperazine rings is 1. The number of likely N-dealkylation sites (N-methyl/N-ethyl adjacent to an activating group) is 2. The Labute approximate surface area is 250 Å². The lowest BCUT2D eigenvalue weighted by molar-refractivity contribution is -0.160. The fourth-order valence-electron chi connectivity index (χ4n) is 8.00. The Morgan fingerprint density at radius 1 is 1.21 bits per heavy atom. The minimum atomic E-state index is -0.810. The lowest BCUT2D eigenvalue weighted by atomic mass is 9.69. The SMILES string of the molecule is C=CC(=O)N1CCN(C2NC(OCC3CCCN3C)NC3C(=O)[C@@]4(CCc5cccc(C)c5O4)CCC32)CC1CNC. The minimum absolute atomic E-state index is 0.0164. The first-order chi connectivity index (χ1) is 20.3. The van der Waals surface area contributed by atoms with Crippen molar-refractivity contribution >= 4 is 11.7 Å². The summed E-state index contributed by atoms with van der Waals surface area (Å²) in [4.78, 5) is 33.9. The Balaban J connectivity index is 1.24. The molecule has 5 aliphatic rings. The highest BCUT2D eigenvalue weighted by Gasteiger charge is 2.56. The number of aryl methyl sites for hydroxylation is 2. The Morgan fingerprint density at radius 3 is 2.83 bits per heavy atom. The molecule has 42 heavy (non-hydrogen) atoms. The Bertz CT molecular complexity index is 1180. The van der Waals surface area contributed by atoms with Crippen LogP contribution < -0.4 is 20.7 Å². The van der Waals surface area contributed by atoms with Crippen LogP contribution in [0.3, 0.4) is 0 Å². The molecule has 3 N–H and O–H groups in total. The van der Waals surface area contributed by atoms with Gasteiger partial charge in [-0.2, -0.15) is 0 Å². The van der Waals surface area contributed by atoms with Crippen molar-refractivity contribution in [1.29, 1.82) is 0 Å². The molecular weight excluding hydrogens is 532 g/mol. The maximum Gasteiger partial charge on any atom is 0.246 e. The van der Waals surface area contributed by atoms with Crippen molar-refractivity contribution < 1.29 is 19.1 Å². The number of ketones is 1. The van der Waals surface area contributed by atoms with E-state index < -0.39 is 12.0 Å². The summed E-state index contributed by atoms with van der Waals surface area (Å²) in [6, 6.07) is 6.27. The van der Waals surface area contributed by atoms with Gasteiger partial charge in [-0.1, -0.05) is 24.8 Å². The van der Waals surface area contributed by atoms with Crippen LogP contribution in [0.15, 0.2) is 30.9 Å². The maximum atomic E-state index is 14.5. The van der Waals surface area contributed by atoms with Crippen molar-refractivity contribution in [3.8, 4) is 5.75 Å². The number of nitrogens with one attached hydrogen (secondary N) is 3. The van der Waals surface area contributed by atoms with Gasteiger partial charge in [0.2, 0.25) is 5.91 Å². The average Bonchev–Trinajstić information content (AvgIpc) is 3.42. The number of benzene rings is 1. The highest BCUT2D eigenvalue weighted by atomic mass is 16.5. The van der Waals surface area contributed by atoms with Crippen LogP contribution in [0.2, 0.25) is 0 Å². The van der Waals surface area contributed by atoms with Crippen LogP contribution in [0, 0.1) is 12.8 Å². The molecule has 1 spiro atoms. The molecule has 7 atom stereocenters. The lowest BCUT2D eigenvalue weighted by Gasteiger charge is -2.55. The molecule has 1 aromatic rings. The average molecular weight is 581 g/mol. The van der Waals surface area contributed by atoms with Crippen molar-refractivity contribution in [2.24, 2.45) is 5.92 Å². The number of carbonyl (C=O) groups is 2. The van der Waals surface area contributed by atoms with Gasteiger partial charge in [0.05, 0.1) is 24.9 Å². The number of carbonyl (C=O) groups excluding carboxylic acids is 2. The summed E-state index contributed by atoms with van der Waals surface area (Å²) < 4.78 is 13.2. The van der Waals surface area contributed by atoms with Gasteiger partial charge in [0.15, 0.2) is 17.7 Å². The predicted molar refractivity (Wildman–Crippen MR) is 161 cm³/mol. The highest BCUT2D eigenvalue weighted by molar-refractivity contribution is 5.94. The van der Waals surface area contributed by atoms with Gasteiger partial charge in [0.1, 0.15) is 5.75 Å². The standard InChI is InChI=1S/C32H48N6O4/c1-5-26(39)38-17-16-37(19-24(38)18-33-3)30-25-12-14-32(13-11-22-9-6-8-21(2)28(22)42-32)29(40)27(25)34-31(35-30)41-20-23-10-7-15-36(23)4/h5-6,8-9,23-25,27,30-31,33-35H,1,7,10-20H2,2-4H3/t23?,24?,25?,27?,30?,31?,32-/m1/s1. The molecule has 6 unspecified atom stereocenters. The van der Waals surface area contributed by atoms with Crippen LogP contribution in [-0.4, -0.2) is 116 Å². The zero-order chi connectivity index (χ0) is 29.4. The van der Waals surface area contributed by atoms with Crippen LogP contribution in [-0.2, 0) is 20.7 Å². The van der Waals surface area contributed by atoms with E-state index in [2.05, 4.69) is 64.5 Å². The molecule has 4 fully saturated rings. The number of rotatable bonds is 7. The fraction of sp³-hybridized carbons (Fsp3) is 0.688. The second kappa shape index (κ2) is 12.3. The number of hydrogen-bond acceptors (Lipinski definition) is 9. The molecule has 0 radical (unpaired) electrons. The summed E-state index contributed by atoms with van der Waals surface area (Å²) in [5, 5.41) is 10.6. The number of hydrogen-bond donors (Lipinski definition) is 3. The molecule has 0 aromatic heterocycles. The summed E-state index contributed by atoms with van der Waals surface area (Å²) in [5.41, 5.74) is 1.47. The molecule has 230 valence electrons. The van der Waals surface area contributed by atoms with Crippen LogP contribution in [0.25, 0.3) is 0 Å². The number of amides is 1. The predicted octanol–water partition coefficient (Wildman–Crippen LogP) is 1.24. The van der Waals surface area contributed by atoms with E-state index in [0.717, 1.165) is 43.7 Å². The van der Waals surface area contributed by atoms with E-state index in [-0.39, 0.29) is 35.9 Å². The molecule has 1 aliphatic carbocycles. The van der Waals surface area contributed by atoms with E-state index in [9.17, 15) is 9.59 Å². The topological polar surface area (TPSA) is 98.4 Å². The lowest BCUT2D eigenvalue weighted by Crippen LogP contribution is -2.76. The third-order valence-electron chi connectivity index (χ3n) is 10.4. The fourth-order valence-corrected chi connectivity index (χ4v) is 8.00. The van der Waals surface area contributed by atoms with E-state index in [4.69, 9.17) is 9.47 Å². The molecule has 1 amide bonds. The Kier molecular flexibility index (Phi) is 8.73. The molecule has 6 rings (SSSR count). The van der Waals surface area contributed by atoms with E-state index >= 15 is 0 Å². The second-order valence-electron chi connectivity index (χ2n) is 12.9. The first kappa shape index (κ1) is 29.7. The number of ether oxygens (including phenoxy) is 2. The van der Waals surface area contributed by atoms with Crippen LogP contribution in [0.5, 0.6) is 5.75 Å². The third kappa shape index (κ3) is 5.53. The maximum absolute atomic E-state index is 14.5. The van der Waals surface area contributed by atoms with E-state index in [1.165, 1.54) is 18.1 Å². The van der Waals surface area contributed by atoms with E-state index in [1.807, 2.05) is 11.9 Å². The molecule has 1 saturated carbocycles. The van der Waals surface area contributed by atoms with Gasteiger partial charge in [-0.05, 0) is 83.3 Å². The van der Waals surface area contributed by atoms with Crippen LogP contribution >= 0.6 is 0 Å². The molecular formula is C32H48N6O4. The number of fused-ring (bicyclic) bond motifs is 2. The van der Waals surface area contributed by atoms with Gasteiger partial charge in [-0.25, -0.2) is 0 Å². The van der Waals surface area contributed by atoms with E-state index in [1.54, 1.807) is 0 Å². The number of para-hydroxylation sites is 1. The number of likely N-dealkylation sites (tertiary alicyclic amines) is 1. The normalized spacial score (nSPS) is 35.5. The minimum Gasteiger partial charge on any atom is -0.479 e. The zero-order valence-electron chi connectivity index (χ0n) is 25.4. The van der Waals surface area contributed by atoms with Crippen molar-refractivity contribution in [3.63, 3.8) is 0 Å². The Hall–Kier alpha value is -2.34. The van der Waals surface area contributed by atoms with Crippen LogP contribution in [0.4, 0.5) is 0 Å². The van der Waals surface area contributed by atoms with Gasteiger partial charge in [0, 0.05) is 38.1 Å². The smallest absolute Gasteiger partial charge is 0.246 e. The third-order valence-corrected chi connectivity index (χ3v) is 10.4. The molecule has 0 bridgehead atoms. The molecule has 3 saturated heterocycles. The number of Topliss-reactive ketones (excluding diaryl/α,β-unsaturated/α-hetero) is 1.